The molecule has 0 fully saturated rings. The molecule has 0 atom stereocenters. The smallest absolute Gasteiger partial charge is 0.379 e. The summed E-state index contributed by atoms with van der Waals surface area (Å²) >= 11 is 0. The van der Waals surface area contributed by atoms with Crippen LogP contribution in [0, 0.1) is 6.92 Å². The highest BCUT2D eigenvalue weighted by Crippen LogP contribution is 2.29. The summed E-state index contributed by atoms with van der Waals surface area (Å²) < 4.78 is 20.1. The molecule has 21 heavy (non-hydrogen) atoms. The van der Waals surface area contributed by atoms with Gasteiger partial charge in [-0.15, -0.1) is 0 Å². The Hall–Kier alpha value is -2.76. The lowest BCUT2D eigenvalue weighted by Crippen LogP contribution is -2.09. The van der Waals surface area contributed by atoms with Crippen molar-refractivity contribution in [2.24, 2.45) is 0 Å². The van der Waals surface area contributed by atoms with E-state index in [4.69, 9.17) is 13.9 Å². The van der Waals surface area contributed by atoms with Crippen molar-refractivity contribution < 1.29 is 28.2 Å². The Kier molecular flexibility index (Phi) is 4.27. The van der Waals surface area contributed by atoms with Crippen LogP contribution in [0.2, 0.25) is 0 Å². The molecule has 0 aliphatic heterocycles. The van der Waals surface area contributed by atoms with E-state index >= 15 is 0 Å². The first-order valence-electron chi connectivity index (χ1n) is 6.10. The lowest BCUT2D eigenvalue weighted by Gasteiger charge is -2.09. The van der Waals surface area contributed by atoms with Gasteiger partial charge in [0.1, 0.15) is 5.76 Å². The van der Waals surface area contributed by atoms with Gasteiger partial charge in [-0.2, -0.15) is 0 Å². The molecule has 0 radical (unpaired) electrons. The van der Waals surface area contributed by atoms with Crippen molar-refractivity contribution in [2.75, 3.05) is 14.2 Å². The van der Waals surface area contributed by atoms with Crippen LogP contribution in [0.25, 0.3) is 0 Å². The minimum atomic E-state index is -0.646. The first kappa shape index (κ1) is 14.6. The predicted molar refractivity (Wildman–Crippen MR) is 72.7 cm³/mol. The zero-order valence-corrected chi connectivity index (χ0v) is 11.8. The molecule has 0 aliphatic carbocycles. The molecule has 1 heterocycles. The van der Waals surface area contributed by atoms with Crippen LogP contribution in [0.3, 0.4) is 0 Å². The molecular formula is C15H14O6. The fourth-order valence-electron chi connectivity index (χ4n) is 1.69. The number of esters is 2. The number of hydrogen-bond acceptors (Lipinski definition) is 6. The number of ether oxygens (including phenoxy) is 3. The van der Waals surface area contributed by atoms with Crippen molar-refractivity contribution in [1.29, 1.82) is 0 Å². The van der Waals surface area contributed by atoms with E-state index in [1.165, 1.54) is 38.5 Å². The highest BCUT2D eigenvalue weighted by Gasteiger charge is 2.17. The molecule has 1 aromatic heterocycles. The van der Waals surface area contributed by atoms with Gasteiger partial charge in [-0.3, -0.25) is 0 Å². The molecule has 0 unspecified atom stereocenters. The molecule has 2 rings (SSSR count). The molecule has 6 nitrogen and oxygen atoms in total. The monoisotopic (exact) mass is 290 g/mol. The van der Waals surface area contributed by atoms with Gasteiger partial charge in [0.15, 0.2) is 11.5 Å². The van der Waals surface area contributed by atoms with E-state index in [1.807, 2.05) is 0 Å². The van der Waals surface area contributed by atoms with E-state index in [0.717, 1.165) is 0 Å². The number of methoxy groups -OCH3 is 2. The molecule has 0 spiro atoms. The van der Waals surface area contributed by atoms with E-state index < -0.39 is 11.9 Å². The van der Waals surface area contributed by atoms with Crippen LogP contribution >= 0.6 is 0 Å². The first-order valence-corrected chi connectivity index (χ1v) is 6.10. The van der Waals surface area contributed by atoms with Gasteiger partial charge in [-0.05, 0) is 37.3 Å². The second-order valence-electron chi connectivity index (χ2n) is 4.16. The maximum absolute atomic E-state index is 11.9. The molecule has 6 heteroatoms. The summed E-state index contributed by atoms with van der Waals surface area (Å²) in [7, 11) is 2.69. The van der Waals surface area contributed by atoms with Crippen molar-refractivity contribution in [3.05, 3.63) is 47.4 Å². The van der Waals surface area contributed by atoms with Gasteiger partial charge >= 0.3 is 11.9 Å². The molecule has 0 saturated carbocycles. The number of hydrogen-bond donors (Lipinski definition) is 0. The normalized spacial score (nSPS) is 10.0. The van der Waals surface area contributed by atoms with E-state index in [1.54, 1.807) is 13.0 Å². The number of carbonyl (C=O) groups excluding carboxylic acids is 2. The largest absolute Gasteiger partial charge is 0.493 e. The second-order valence-corrected chi connectivity index (χ2v) is 4.16. The topological polar surface area (TPSA) is 75.0 Å². The van der Waals surface area contributed by atoms with Gasteiger partial charge < -0.3 is 18.6 Å². The van der Waals surface area contributed by atoms with Gasteiger partial charge in [0.25, 0.3) is 0 Å². The van der Waals surface area contributed by atoms with Crippen molar-refractivity contribution in [2.45, 2.75) is 6.92 Å². The minimum absolute atomic E-state index is 0.0894. The Labute approximate surface area is 121 Å². The van der Waals surface area contributed by atoms with Gasteiger partial charge in [0.2, 0.25) is 5.76 Å². The highest BCUT2D eigenvalue weighted by atomic mass is 16.6. The minimum Gasteiger partial charge on any atom is -0.493 e. The van der Waals surface area contributed by atoms with E-state index in [2.05, 4.69) is 4.74 Å². The number of aryl methyl sites for hydroxylation is 1. The second kappa shape index (κ2) is 6.13. The Morgan fingerprint density at radius 1 is 1.00 bits per heavy atom. The van der Waals surface area contributed by atoms with Crippen LogP contribution in [0.5, 0.6) is 11.5 Å². The molecular weight excluding hydrogens is 276 g/mol. The van der Waals surface area contributed by atoms with Crippen LogP contribution in [0.1, 0.15) is 26.7 Å². The summed E-state index contributed by atoms with van der Waals surface area (Å²) in [6.45, 7) is 1.72. The lowest BCUT2D eigenvalue weighted by molar-refractivity contribution is 0.0600. The van der Waals surface area contributed by atoms with Gasteiger partial charge in [-0.1, -0.05) is 0 Å². The van der Waals surface area contributed by atoms with E-state index in [9.17, 15) is 9.59 Å². The van der Waals surface area contributed by atoms with Crippen molar-refractivity contribution in [3.63, 3.8) is 0 Å². The summed E-state index contributed by atoms with van der Waals surface area (Å²) in [5, 5.41) is 0. The van der Waals surface area contributed by atoms with Crippen LogP contribution < -0.4 is 9.47 Å². The van der Waals surface area contributed by atoms with Crippen molar-refractivity contribution >= 4 is 11.9 Å². The Balaban J connectivity index is 2.23. The Bertz CT molecular complexity index is 671. The van der Waals surface area contributed by atoms with E-state index in [0.29, 0.717) is 11.3 Å². The molecule has 0 N–H and O–H groups in total. The summed E-state index contributed by atoms with van der Waals surface area (Å²) in [5.74, 6) is -0.0275. The van der Waals surface area contributed by atoms with Crippen LogP contribution in [-0.4, -0.2) is 26.2 Å². The third-order valence-electron chi connectivity index (χ3n) is 2.73. The Morgan fingerprint density at radius 3 is 2.33 bits per heavy atom. The molecule has 2 aromatic rings. The zero-order valence-electron chi connectivity index (χ0n) is 11.8. The van der Waals surface area contributed by atoms with Gasteiger partial charge in [-0.25, -0.2) is 9.59 Å². The summed E-state index contributed by atoms with van der Waals surface area (Å²) in [6.07, 6.45) is 0. The Morgan fingerprint density at radius 2 is 1.76 bits per heavy atom. The fourth-order valence-corrected chi connectivity index (χ4v) is 1.69. The number of rotatable bonds is 4. The van der Waals surface area contributed by atoms with Crippen molar-refractivity contribution in [3.8, 4) is 11.5 Å². The van der Waals surface area contributed by atoms with Crippen LogP contribution in [-0.2, 0) is 4.74 Å². The average molecular weight is 290 g/mol. The molecule has 1 aromatic carbocycles. The third kappa shape index (κ3) is 3.22. The summed E-state index contributed by atoms with van der Waals surface area (Å²) in [4.78, 5) is 23.3. The fraction of sp³-hybridized carbons (Fsp3) is 0.200. The lowest BCUT2D eigenvalue weighted by atomic mass is 10.2. The van der Waals surface area contributed by atoms with Crippen molar-refractivity contribution in [1.82, 2.24) is 0 Å². The maximum Gasteiger partial charge on any atom is 0.379 e. The number of benzene rings is 1. The molecule has 0 aliphatic rings. The zero-order chi connectivity index (χ0) is 15.4. The number of furan rings is 1. The average Bonchev–Trinajstić information content (AvgIpc) is 2.93. The number of carbonyl (C=O) groups is 2. The molecule has 110 valence electrons. The molecule has 0 saturated heterocycles. The summed E-state index contributed by atoms with van der Waals surface area (Å²) in [6, 6.07) is 7.55. The van der Waals surface area contributed by atoms with Gasteiger partial charge in [0, 0.05) is 0 Å². The van der Waals surface area contributed by atoms with E-state index in [-0.39, 0.29) is 17.3 Å². The molecule has 0 amide bonds. The first-order chi connectivity index (χ1) is 10.0. The SMILES string of the molecule is COC(=O)c1ccc(OC(=O)c2ccc(C)o2)c(OC)c1. The van der Waals surface area contributed by atoms with Crippen LogP contribution in [0.15, 0.2) is 34.7 Å². The summed E-state index contributed by atoms with van der Waals surface area (Å²) in [5.41, 5.74) is 0.294. The quantitative estimate of drug-likeness (QED) is 0.636. The predicted octanol–water partition coefficient (Wildman–Crippen LogP) is 2.60. The van der Waals surface area contributed by atoms with Gasteiger partial charge in [0.05, 0.1) is 19.8 Å². The third-order valence-corrected chi connectivity index (χ3v) is 2.73. The maximum atomic E-state index is 11.9. The molecule has 0 bridgehead atoms. The standard InChI is InChI=1S/C15H14O6/c1-9-4-6-12(20-9)15(17)21-11-7-5-10(14(16)19-3)8-13(11)18-2/h4-8H,1-3H3. The van der Waals surface area contributed by atoms with Crippen LogP contribution in [0.4, 0.5) is 0 Å². The highest BCUT2D eigenvalue weighted by molar-refractivity contribution is 5.91.